The smallest absolute Gasteiger partial charge is 0.321 e. The molecule has 0 fully saturated rings. The molecule has 5 rings (SSSR count). The minimum absolute atomic E-state index is 0.00250. The predicted octanol–water partition coefficient (Wildman–Crippen LogP) is 4.25. The Morgan fingerprint density at radius 3 is 2.48 bits per heavy atom. The summed E-state index contributed by atoms with van der Waals surface area (Å²) >= 11 is 5.90. The first-order valence-corrected chi connectivity index (χ1v) is 15.7. The minimum atomic E-state index is -3.98. The molecule has 2 heterocycles. The molecule has 0 bridgehead atoms. The number of aliphatic hydroxyl groups excluding tert-OH is 1. The van der Waals surface area contributed by atoms with Crippen molar-refractivity contribution in [1.82, 2.24) is 9.80 Å². The maximum atomic E-state index is 13.7. The third kappa shape index (κ3) is 6.79. The average Bonchev–Trinajstić information content (AvgIpc) is 3.47. The highest BCUT2D eigenvalue weighted by Crippen LogP contribution is 2.35. The molecule has 0 saturated heterocycles. The van der Waals surface area contributed by atoms with Crippen molar-refractivity contribution < 1.29 is 37.3 Å². The van der Waals surface area contributed by atoms with Gasteiger partial charge in [0.05, 0.1) is 29.7 Å². The summed E-state index contributed by atoms with van der Waals surface area (Å²) in [5, 5.41) is 13.2. The van der Waals surface area contributed by atoms with Crippen molar-refractivity contribution in [2.75, 3.05) is 43.6 Å². The predicted molar refractivity (Wildman–Crippen MR) is 164 cm³/mol. The highest BCUT2D eigenvalue weighted by atomic mass is 35.5. The number of halogens is 1. The van der Waals surface area contributed by atoms with E-state index in [-0.39, 0.29) is 60.3 Å². The van der Waals surface area contributed by atoms with Crippen LogP contribution in [0.5, 0.6) is 17.2 Å². The number of nitrogens with zero attached hydrogens (tertiary/aromatic N) is 2. The molecule has 0 radical (unpaired) electrons. The molecule has 0 aromatic heterocycles. The maximum absolute atomic E-state index is 13.7. The molecule has 3 atom stereocenters. The lowest BCUT2D eigenvalue weighted by Gasteiger charge is -2.38. The van der Waals surface area contributed by atoms with E-state index in [0.29, 0.717) is 22.2 Å². The molecule has 2 aliphatic heterocycles. The van der Waals surface area contributed by atoms with Gasteiger partial charge in [0, 0.05) is 42.0 Å². The number of nitrogens with one attached hydrogen (secondary N) is 2. The third-order valence-corrected chi connectivity index (χ3v) is 9.11. The normalized spacial score (nSPS) is 18.4. The molecule has 0 aliphatic carbocycles. The maximum Gasteiger partial charge on any atom is 0.321 e. The van der Waals surface area contributed by atoms with Crippen LogP contribution in [0.4, 0.5) is 16.2 Å². The lowest BCUT2D eigenvalue weighted by atomic mass is 9.99. The Balaban J connectivity index is 1.38. The Kier molecular flexibility index (Phi) is 9.09. The van der Waals surface area contributed by atoms with Crippen LogP contribution in [0.3, 0.4) is 0 Å². The van der Waals surface area contributed by atoms with Crippen LogP contribution in [-0.2, 0) is 10.0 Å². The number of ether oxygens (including phenoxy) is 3. The van der Waals surface area contributed by atoms with Crippen molar-refractivity contribution in [3.8, 4) is 17.2 Å². The van der Waals surface area contributed by atoms with Gasteiger partial charge in [0.15, 0.2) is 11.5 Å². The number of hydrogen-bond donors (Lipinski definition) is 3. The molecule has 0 spiro atoms. The molecule has 12 nitrogen and oxygen atoms in total. The van der Waals surface area contributed by atoms with E-state index < -0.39 is 28.1 Å². The van der Waals surface area contributed by atoms with Gasteiger partial charge in [0.25, 0.3) is 15.9 Å². The zero-order chi connectivity index (χ0) is 31.6. The minimum Gasteiger partial charge on any atom is -0.487 e. The quantitative estimate of drug-likeness (QED) is 0.330. The molecular formula is C30H33ClN4O8S. The van der Waals surface area contributed by atoms with E-state index in [2.05, 4.69) is 10.0 Å². The number of likely N-dealkylation sites (N-methyl/N-ethyl adjacent to an activating group) is 1. The number of amides is 3. The van der Waals surface area contributed by atoms with Crippen LogP contribution in [0.25, 0.3) is 0 Å². The first-order valence-electron chi connectivity index (χ1n) is 13.9. The summed E-state index contributed by atoms with van der Waals surface area (Å²) < 4.78 is 45.5. The molecule has 234 valence electrons. The lowest BCUT2D eigenvalue weighted by molar-refractivity contribution is 0.0371. The molecule has 3 aromatic carbocycles. The molecule has 14 heteroatoms. The second-order valence-corrected chi connectivity index (χ2v) is 12.9. The van der Waals surface area contributed by atoms with Crippen LogP contribution in [0, 0.1) is 5.92 Å². The van der Waals surface area contributed by atoms with Gasteiger partial charge < -0.3 is 34.4 Å². The Morgan fingerprint density at radius 1 is 1.07 bits per heavy atom. The highest BCUT2D eigenvalue weighted by molar-refractivity contribution is 7.92. The first kappa shape index (κ1) is 31.2. The number of benzene rings is 3. The van der Waals surface area contributed by atoms with E-state index in [0.717, 1.165) is 0 Å². The summed E-state index contributed by atoms with van der Waals surface area (Å²) in [6.45, 7) is 3.85. The van der Waals surface area contributed by atoms with E-state index >= 15 is 0 Å². The summed E-state index contributed by atoms with van der Waals surface area (Å²) in [6.07, 6.45) is -0.556. The van der Waals surface area contributed by atoms with Gasteiger partial charge in [-0.1, -0.05) is 18.5 Å². The third-order valence-electron chi connectivity index (χ3n) is 7.47. The van der Waals surface area contributed by atoms with Crippen LogP contribution >= 0.6 is 11.6 Å². The number of carbonyl (C=O) groups excluding carboxylic acids is 2. The average molecular weight is 645 g/mol. The molecule has 3 amide bonds. The Bertz CT molecular complexity index is 1650. The zero-order valence-corrected chi connectivity index (χ0v) is 25.9. The monoisotopic (exact) mass is 644 g/mol. The second-order valence-electron chi connectivity index (χ2n) is 10.8. The van der Waals surface area contributed by atoms with Gasteiger partial charge in [0.1, 0.15) is 11.9 Å². The number of carbonyl (C=O) groups is 2. The Hall–Kier alpha value is -4.20. The Morgan fingerprint density at radius 2 is 1.75 bits per heavy atom. The van der Waals surface area contributed by atoms with Crippen molar-refractivity contribution in [3.63, 3.8) is 0 Å². The van der Waals surface area contributed by atoms with Crippen LogP contribution in [0.1, 0.15) is 24.2 Å². The number of anilines is 2. The highest BCUT2D eigenvalue weighted by Gasteiger charge is 2.34. The fourth-order valence-corrected chi connectivity index (χ4v) is 6.05. The van der Waals surface area contributed by atoms with Crippen molar-refractivity contribution in [2.45, 2.75) is 30.9 Å². The Labute approximate surface area is 260 Å². The second kappa shape index (κ2) is 12.8. The van der Waals surface area contributed by atoms with Crippen molar-refractivity contribution >= 4 is 44.9 Å². The number of sulfonamides is 1. The molecule has 44 heavy (non-hydrogen) atoms. The van der Waals surface area contributed by atoms with Crippen LogP contribution in [0.2, 0.25) is 5.02 Å². The summed E-state index contributed by atoms with van der Waals surface area (Å²) in [4.78, 5) is 29.8. The standard InChI is InChI=1S/C30H33ClN4O8S/c1-18-14-35(19(2)16-36)29(37)24-12-22(33-44(39,40)23-8-4-20(31)5-9-23)7-10-25(24)43-28(18)15-34(3)30(38)32-21-6-11-26-27(13-21)42-17-41-26/h4-13,18-19,28,33,36H,14-17H2,1-3H3,(H,32,38)/t18-,19-,28+/m0/s1. The summed E-state index contributed by atoms with van der Waals surface area (Å²) in [6, 6.07) is 14.3. The van der Waals surface area contributed by atoms with Crippen LogP contribution < -0.4 is 24.2 Å². The number of aliphatic hydroxyl groups is 1. The van der Waals surface area contributed by atoms with Gasteiger partial charge in [-0.15, -0.1) is 0 Å². The summed E-state index contributed by atoms with van der Waals surface area (Å²) in [5.41, 5.74) is 0.800. The summed E-state index contributed by atoms with van der Waals surface area (Å²) in [5.74, 6) is 0.694. The SMILES string of the molecule is C[C@H]1CN([C@@H](C)CO)C(=O)c2cc(NS(=O)(=O)c3ccc(Cl)cc3)ccc2O[C@@H]1CN(C)C(=O)Nc1ccc2c(c1)OCO2. The largest absolute Gasteiger partial charge is 0.487 e. The first-order chi connectivity index (χ1) is 20.9. The van der Waals surface area contributed by atoms with E-state index in [1.165, 1.54) is 52.3 Å². The van der Waals surface area contributed by atoms with Crippen molar-refractivity contribution in [1.29, 1.82) is 0 Å². The lowest BCUT2D eigenvalue weighted by Crippen LogP contribution is -2.50. The number of urea groups is 1. The molecule has 3 N–H and O–H groups in total. The van der Waals surface area contributed by atoms with Gasteiger partial charge in [-0.25, -0.2) is 13.2 Å². The topological polar surface area (TPSA) is 147 Å². The van der Waals surface area contributed by atoms with Gasteiger partial charge in [-0.05, 0) is 61.5 Å². The zero-order valence-electron chi connectivity index (χ0n) is 24.3. The van der Waals surface area contributed by atoms with E-state index in [9.17, 15) is 23.1 Å². The fourth-order valence-electron chi connectivity index (χ4n) is 4.88. The van der Waals surface area contributed by atoms with E-state index in [1.54, 1.807) is 32.2 Å². The van der Waals surface area contributed by atoms with Gasteiger partial charge in [-0.2, -0.15) is 0 Å². The van der Waals surface area contributed by atoms with Gasteiger partial charge in [-0.3, -0.25) is 9.52 Å². The van der Waals surface area contributed by atoms with Crippen molar-refractivity contribution in [3.05, 3.63) is 71.2 Å². The van der Waals surface area contributed by atoms with Crippen LogP contribution in [-0.4, -0.2) is 80.9 Å². The molecule has 3 aromatic rings. The molecule has 0 unspecified atom stereocenters. The van der Waals surface area contributed by atoms with Gasteiger partial charge in [0.2, 0.25) is 6.79 Å². The van der Waals surface area contributed by atoms with E-state index in [1.807, 2.05) is 6.92 Å². The molecular weight excluding hydrogens is 612 g/mol. The molecule has 0 saturated carbocycles. The number of fused-ring (bicyclic) bond motifs is 2. The fraction of sp³-hybridized carbons (Fsp3) is 0.333. The number of rotatable bonds is 8. The van der Waals surface area contributed by atoms with Crippen molar-refractivity contribution in [2.24, 2.45) is 5.92 Å². The van der Waals surface area contributed by atoms with Gasteiger partial charge >= 0.3 is 6.03 Å². The van der Waals surface area contributed by atoms with E-state index in [4.69, 9.17) is 25.8 Å². The summed E-state index contributed by atoms with van der Waals surface area (Å²) in [7, 11) is -2.35. The number of hydrogen-bond acceptors (Lipinski definition) is 8. The molecule has 2 aliphatic rings. The van der Waals surface area contributed by atoms with Crippen LogP contribution in [0.15, 0.2) is 65.6 Å².